The molecule has 2 aliphatic rings. The number of rotatable bonds is 5. The number of hydrogen-bond donors (Lipinski definition) is 1. The van der Waals surface area contributed by atoms with Crippen molar-refractivity contribution in [2.45, 2.75) is 39.0 Å². The summed E-state index contributed by atoms with van der Waals surface area (Å²) in [4.78, 5) is 17.4. The molecule has 1 atom stereocenters. The van der Waals surface area contributed by atoms with Crippen LogP contribution in [-0.4, -0.2) is 18.9 Å². The highest BCUT2D eigenvalue weighted by Gasteiger charge is 2.40. The molecule has 2 aromatic carbocycles. The first-order valence-corrected chi connectivity index (χ1v) is 11.9. The number of halogens is 1. The molecule has 0 unspecified atom stereocenters. The molecule has 0 bridgehead atoms. The average molecular weight is 491 g/mol. The number of nitrogens with zero attached hydrogens (tertiary/aromatic N) is 3. The zero-order valence-corrected chi connectivity index (χ0v) is 20.0. The summed E-state index contributed by atoms with van der Waals surface area (Å²) in [6, 6.07) is 18.3. The van der Waals surface area contributed by atoms with Crippen molar-refractivity contribution in [1.29, 1.82) is 5.26 Å². The van der Waals surface area contributed by atoms with Crippen LogP contribution in [0.4, 0.5) is 11.4 Å². The number of carbonyl (C=O) groups is 1. The maximum Gasteiger partial charge on any atom is 0.161 e. The number of hydrogen-bond acceptors (Lipinski definition) is 5. The van der Waals surface area contributed by atoms with E-state index in [0.29, 0.717) is 23.4 Å². The van der Waals surface area contributed by atoms with E-state index in [9.17, 15) is 10.1 Å². The van der Waals surface area contributed by atoms with Gasteiger partial charge < -0.3 is 10.6 Å². The summed E-state index contributed by atoms with van der Waals surface area (Å²) in [7, 11) is 0. The van der Waals surface area contributed by atoms with Gasteiger partial charge in [0, 0.05) is 46.6 Å². The van der Waals surface area contributed by atoms with E-state index in [-0.39, 0.29) is 5.78 Å². The third-order valence-corrected chi connectivity index (χ3v) is 6.88. The fourth-order valence-electron chi connectivity index (χ4n) is 4.77. The first-order valence-electron chi connectivity index (χ1n) is 11.1. The molecule has 32 heavy (non-hydrogen) atoms. The van der Waals surface area contributed by atoms with Crippen molar-refractivity contribution >= 4 is 33.1 Å². The smallest absolute Gasteiger partial charge is 0.161 e. The van der Waals surface area contributed by atoms with Gasteiger partial charge in [-0.25, -0.2) is 0 Å². The topological polar surface area (TPSA) is 73.4 Å². The van der Waals surface area contributed by atoms with E-state index in [2.05, 4.69) is 52.9 Å². The van der Waals surface area contributed by atoms with Gasteiger partial charge in [-0.05, 0) is 68.7 Å². The Morgan fingerprint density at radius 1 is 1.09 bits per heavy atom. The summed E-state index contributed by atoms with van der Waals surface area (Å²) in [5.74, 6) is 0.0766. The van der Waals surface area contributed by atoms with E-state index in [1.807, 2.05) is 41.3 Å². The molecule has 1 aliphatic carbocycles. The van der Waals surface area contributed by atoms with Crippen LogP contribution < -0.4 is 15.5 Å². The molecule has 0 spiro atoms. The third kappa shape index (κ3) is 3.82. The summed E-state index contributed by atoms with van der Waals surface area (Å²) in [5.41, 5.74) is 11.6. The van der Waals surface area contributed by atoms with E-state index in [4.69, 9.17) is 5.73 Å². The van der Waals surface area contributed by atoms with Crippen molar-refractivity contribution in [3.63, 3.8) is 0 Å². The van der Waals surface area contributed by atoms with Crippen LogP contribution in [0.5, 0.6) is 0 Å². The molecule has 164 valence electrons. The Bertz CT molecular complexity index is 1120. The summed E-state index contributed by atoms with van der Waals surface area (Å²) in [5, 5.41) is 10.1. The molecular weight excluding hydrogens is 464 g/mol. The molecular formula is C26H27BrN4O. The van der Waals surface area contributed by atoms with Gasteiger partial charge in [-0.3, -0.25) is 9.69 Å². The number of ketones is 1. The van der Waals surface area contributed by atoms with E-state index in [1.165, 1.54) is 0 Å². The van der Waals surface area contributed by atoms with Crippen LogP contribution in [-0.2, 0) is 4.79 Å². The highest BCUT2D eigenvalue weighted by atomic mass is 79.9. The van der Waals surface area contributed by atoms with Gasteiger partial charge in [-0.15, -0.1) is 0 Å². The second-order valence-electron chi connectivity index (χ2n) is 8.06. The van der Waals surface area contributed by atoms with E-state index in [1.54, 1.807) is 0 Å². The molecule has 5 nitrogen and oxygen atoms in total. The lowest BCUT2D eigenvalue weighted by Gasteiger charge is -2.39. The SMILES string of the molecule is CCN(CC)c1ccc([C@@H]2C(C#N)=C(N)N(c3ccc(Br)cc3)C3=C2C(=O)CCC3)cc1. The van der Waals surface area contributed by atoms with Gasteiger partial charge in [0.1, 0.15) is 5.82 Å². The third-order valence-electron chi connectivity index (χ3n) is 6.35. The molecule has 0 saturated heterocycles. The fraction of sp³-hybridized carbons (Fsp3) is 0.308. The largest absolute Gasteiger partial charge is 0.384 e. The lowest BCUT2D eigenvalue weighted by Crippen LogP contribution is -2.38. The van der Waals surface area contributed by atoms with Crippen molar-refractivity contribution in [2.24, 2.45) is 5.73 Å². The predicted octanol–water partition coefficient (Wildman–Crippen LogP) is 5.60. The molecule has 1 heterocycles. The number of Topliss-reactive ketones (excluding diaryl/α,β-unsaturated/α-hetero) is 1. The van der Waals surface area contributed by atoms with Crippen LogP contribution in [0.25, 0.3) is 0 Å². The molecule has 0 fully saturated rings. The second kappa shape index (κ2) is 9.22. The first-order chi connectivity index (χ1) is 15.5. The van der Waals surface area contributed by atoms with Gasteiger partial charge in [-0.1, -0.05) is 28.1 Å². The van der Waals surface area contributed by atoms with Crippen LogP contribution >= 0.6 is 15.9 Å². The van der Waals surface area contributed by atoms with Gasteiger partial charge in [-0.2, -0.15) is 5.26 Å². The Morgan fingerprint density at radius 2 is 1.75 bits per heavy atom. The van der Waals surface area contributed by atoms with Crippen LogP contribution in [0.1, 0.15) is 44.6 Å². The van der Waals surface area contributed by atoms with E-state index >= 15 is 0 Å². The number of benzene rings is 2. The van der Waals surface area contributed by atoms with E-state index < -0.39 is 5.92 Å². The van der Waals surface area contributed by atoms with Gasteiger partial charge in [0.2, 0.25) is 0 Å². The molecule has 0 amide bonds. The molecule has 2 aromatic rings. The molecule has 0 aromatic heterocycles. The molecule has 6 heteroatoms. The van der Waals surface area contributed by atoms with Gasteiger partial charge in [0.25, 0.3) is 0 Å². The van der Waals surface area contributed by atoms with Crippen molar-refractivity contribution < 1.29 is 4.79 Å². The van der Waals surface area contributed by atoms with Crippen LogP contribution in [0, 0.1) is 11.3 Å². The molecule has 4 rings (SSSR count). The highest BCUT2D eigenvalue weighted by Crippen LogP contribution is 2.46. The maximum atomic E-state index is 13.2. The zero-order valence-electron chi connectivity index (χ0n) is 18.4. The summed E-state index contributed by atoms with van der Waals surface area (Å²) >= 11 is 3.47. The standard InChI is InChI=1S/C26H27BrN4O/c1-3-30(4-2)19-12-8-17(9-13-19)24-21(16-28)26(29)31(20-14-10-18(27)11-15-20)22-6-5-7-23(32)25(22)24/h8-15,24H,3-7,29H2,1-2H3/t24-/m1/s1. The number of anilines is 2. The highest BCUT2D eigenvalue weighted by molar-refractivity contribution is 9.10. The van der Waals surface area contributed by atoms with Crippen molar-refractivity contribution in [2.75, 3.05) is 22.9 Å². The van der Waals surface area contributed by atoms with Crippen molar-refractivity contribution in [3.8, 4) is 6.07 Å². The van der Waals surface area contributed by atoms with Crippen LogP contribution in [0.2, 0.25) is 0 Å². The quantitative estimate of drug-likeness (QED) is 0.590. The number of nitrogens with two attached hydrogens (primary N) is 1. The molecule has 0 radical (unpaired) electrons. The molecule has 0 saturated carbocycles. The lowest BCUT2D eigenvalue weighted by molar-refractivity contribution is -0.116. The van der Waals surface area contributed by atoms with Crippen molar-refractivity contribution in [1.82, 2.24) is 0 Å². The summed E-state index contributed by atoms with van der Waals surface area (Å²) in [6.45, 7) is 6.10. The minimum absolute atomic E-state index is 0.103. The van der Waals surface area contributed by atoms with Gasteiger partial charge in [0.05, 0.1) is 17.6 Å². The Balaban J connectivity index is 1.86. The normalized spacial score (nSPS) is 18.5. The summed E-state index contributed by atoms with van der Waals surface area (Å²) in [6.07, 6.45) is 2.04. The summed E-state index contributed by atoms with van der Waals surface area (Å²) < 4.78 is 0.960. The Kier molecular flexibility index (Phi) is 6.38. The number of nitriles is 1. The number of allylic oxidation sites excluding steroid dienone is 3. The Morgan fingerprint density at radius 3 is 2.34 bits per heavy atom. The molecule has 2 N–H and O–H groups in total. The first kappa shape index (κ1) is 22.2. The minimum Gasteiger partial charge on any atom is -0.384 e. The van der Waals surface area contributed by atoms with Crippen molar-refractivity contribution in [3.05, 3.63) is 81.2 Å². The van der Waals surface area contributed by atoms with Gasteiger partial charge in [0.15, 0.2) is 5.78 Å². The predicted molar refractivity (Wildman–Crippen MR) is 132 cm³/mol. The average Bonchev–Trinajstić information content (AvgIpc) is 2.81. The Labute approximate surface area is 197 Å². The van der Waals surface area contributed by atoms with Crippen LogP contribution in [0.15, 0.2) is 75.7 Å². The second-order valence-corrected chi connectivity index (χ2v) is 8.97. The van der Waals surface area contributed by atoms with Gasteiger partial charge >= 0.3 is 0 Å². The minimum atomic E-state index is -0.430. The Hall–Kier alpha value is -3.04. The zero-order chi connectivity index (χ0) is 22.8. The fourth-order valence-corrected chi connectivity index (χ4v) is 5.04. The monoisotopic (exact) mass is 490 g/mol. The van der Waals surface area contributed by atoms with E-state index in [0.717, 1.165) is 53.0 Å². The number of carbonyl (C=O) groups excluding carboxylic acids is 1. The van der Waals surface area contributed by atoms with Crippen LogP contribution in [0.3, 0.4) is 0 Å². The molecule has 1 aliphatic heterocycles. The lowest BCUT2D eigenvalue weighted by atomic mass is 9.75. The maximum absolute atomic E-state index is 13.2.